The maximum Gasteiger partial charge on any atom is 0.291 e. The number of anilines is 4. The summed E-state index contributed by atoms with van der Waals surface area (Å²) in [4.78, 5) is 36.6. The predicted molar refractivity (Wildman–Crippen MR) is 123 cm³/mol. The number of furan rings is 2. The maximum atomic E-state index is 12.4. The van der Waals surface area contributed by atoms with Gasteiger partial charge in [-0.25, -0.2) is 0 Å². The van der Waals surface area contributed by atoms with Crippen LogP contribution in [0.1, 0.15) is 21.1 Å². The Bertz CT molecular complexity index is 1250. The summed E-state index contributed by atoms with van der Waals surface area (Å²) in [6, 6.07) is 20.1. The Morgan fingerprint density at radius 3 is 1.61 bits per heavy atom. The molecule has 4 N–H and O–H groups in total. The van der Waals surface area contributed by atoms with E-state index in [-0.39, 0.29) is 35.8 Å². The molecule has 0 aliphatic heterocycles. The Labute approximate surface area is 188 Å². The van der Waals surface area contributed by atoms with Gasteiger partial charge in [0.2, 0.25) is 5.91 Å². The highest BCUT2D eigenvalue weighted by Crippen LogP contribution is 2.18. The Hall–Kier alpha value is -4.79. The third-order valence-corrected chi connectivity index (χ3v) is 4.47. The third kappa shape index (κ3) is 5.88. The first-order chi connectivity index (χ1) is 16.1. The molecule has 4 rings (SSSR count). The molecule has 9 heteroatoms. The molecule has 0 saturated carbocycles. The predicted octanol–water partition coefficient (Wildman–Crippen LogP) is 4.43. The highest BCUT2D eigenvalue weighted by Gasteiger charge is 2.11. The van der Waals surface area contributed by atoms with E-state index < -0.39 is 0 Å². The molecule has 0 aliphatic carbocycles. The molecule has 2 heterocycles. The van der Waals surface area contributed by atoms with Crippen LogP contribution in [0.25, 0.3) is 0 Å². The number of hydrogen-bond donors (Lipinski definition) is 4. The van der Waals surface area contributed by atoms with Crippen molar-refractivity contribution in [1.29, 1.82) is 0 Å². The summed E-state index contributed by atoms with van der Waals surface area (Å²) in [6.45, 7) is -0.00142. The van der Waals surface area contributed by atoms with Crippen LogP contribution in [-0.2, 0) is 4.79 Å². The van der Waals surface area contributed by atoms with Gasteiger partial charge in [-0.1, -0.05) is 12.1 Å². The van der Waals surface area contributed by atoms with E-state index in [0.29, 0.717) is 22.7 Å². The van der Waals surface area contributed by atoms with E-state index in [1.807, 2.05) is 0 Å². The van der Waals surface area contributed by atoms with Gasteiger partial charge in [0.05, 0.1) is 19.1 Å². The van der Waals surface area contributed by atoms with Gasteiger partial charge in [0, 0.05) is 22.7 Å². The lowest BCUT2D eigenvalue weighted by atomic mass is 10.2. The largest absolute Gasteiger partial charge is 0.459 e. The zero-order chi connectivity index (χ0) is 23.0. The van der Waals surface area contributed by atoms with Crippen molar-refractivity contribution in [2.75, 3.05) is 27.8 Å². The Morgan fingerprint density at radius 1 is 0.606 bits per heavy atom. The standard InChI is InChI=1S/C24H20N4O5/c29-22(26-17-6-2-8-19(14-17)28-24(31)21-10-4-12-33-21)15-25-16-5-1-7-18(13-16)27-23(30)20-9-3-11-32-20/h1-14,25H,15H2,(H,26,29)(H,27,30)(H,28,31). The van der Waals surface area contributed by atoms with E-state index in [2.05, 4.69) is 21.3 Å². The summed E-state index contributed by atoms with van der Waals surface area (Å²) in [6.07, 6.45) is 2.84. The molecule has 33 heavy (non-hydrogen) atoms. The minimum atomic E-state index is -0.385. The monoisotopic (exact) mass is 444 g/mol. The first-order valence-electron chi connectivity index (χ1n) is 10.0. The van der Waals surface area contributed by atoms with E-state index in [9.17, 15) is 14.4 Å². The van der Waals surface area contributed by atoms with Crippen molar-refractivity contribution in [3.63, 3.8) is 0 Å². The zero-order valence-electron chi connectivity index (χ0n) is 17.3. The Balaban J connectivity index is 1.30. The molecule has 0 bridgehead atoms. The summed E-state index contributed by atoms with van der Waals surface area (Å²) in [5, 5.41) is 11.2. The third-order valence-electron chi connectivity index (χ3n) is 4.47. The van der Waals surface area contributed by atoms with Gasteiger partial charge >= 0.3 is 0 Å². The van der Waals surface area contributed by atoms with Crippen LogP contribution in [-0.4, -0.2) is 24.3 Å². The van der Waals surface area contributed by atoms with Crippen LogP contribution in [0.15, 0.2) is 94.2 Å². The van der Waals surface area contributed by atoms with Crippen LogP contribution in [0.4, 0.5) is 22.7 Å². The number of rotatable bonds is 8. The quantitative estimate of drug-likeness (QED) is 0.319. The number of carbonyl (C=O) groups excluding carboxylic acids is 3. The molecule has 0 atom stereocenters. The SMILES string of the molecule is O=C(CNc1cccc(NC(=O)c2ccco2)c1)Nc1cccc(NC(=O)c2ccco2)c1. The highest BCUT2D eigenvalue weighted by atomic mass is 16.3. The molecular formula is C24H20N4O5. The van der Waals surface area contributed by atoms with Crippen LogP contribution >= 0.6 is 0 Å². The molecule has 0 aliphatic rings. The Morgan fingerprint density at radius 2 is 1.09 bits per heavy atom. The number of carbonyl (C=O) groups is 3. The Kier molecular flexibility index (Phi) is 6.51. The molecule has 2 aromatic carbocycles. The van der Waals surface area contributed by atoms with Crippen molar-refractivity contribution in [3.05, 3.63) is 96.8 Å². The van der Waals surface area contributed by atoms with Crippen molar-refractivity contribution in [1.82, 2.24) is 0 Å². The topological polar surface area (TPSA) is 126 Å². The fourth-order valence-electron chi connectivity index (χ4n) is 2.97. The average molecular weight is 444 g/mol. The van der Waals surface area contributed by atoms with E-state index in [0.717, 1.165) is 0 Å². The van der Waals surface area contributed by atoms with E-state index in [4.69, 9.17) is 8.83 Å². The second-order valence-electron chi connectivity index (χ2n) is 6.93. The molecule has 166 valence electrons. The van der Waals surface area contributed by atoms with Crippen molar-refractivity contribution in [2.45, 2.75) is 0 Å². The maximum absolute atomic E-state index is 12.4. The normalized spacial score (nSPS) is 10.3. The van der Waals surface area contributed by atoms with Crippen LogP contribution in [0, 0.1) is 0 Å². The van der Waals surface area contributed by atoms with Gasteiger partial charge in [-0.2, -0.15) is 0 Å². The minimum absolute atomic E-state index is 0.00142. The van der Waals surface area contributed by atoms with Crippen molar-refractivity contribution in [2.24, 2.45) is 0 Å². The number of benzene rings is 2. The molecular weight excluding hydrogens is 424 g/mol. The van der Waals surface area contributed by atoms with Crippen LogP contribution in [0.5, 0.6) is 0 Å². The summed E-state index contributed by atoms with van der Waals surface area (Å²) >= 11 is 0. The highest BCUT2D eigenvalue weighted by molar-refractivity contribution is 6.03. The number of nitrogens with one attached hydrogen (secondary N) is 4. The van der Waals surface area contributed by atoms with Gasteiger partial charge in [0.15, 0.2) is 11.5 Å². The first-order valence-corrected chi connectivity index (χ1v) is 10.0. The molecule has 9 nitrogen and oxygen atoms in total. The summed E-state index contributed by atoms with van der Waals surface area (Å²) in [5.41, 5.74) is 2.25. The zero-order valence-corrected chi connectivity index (χ0v) is 17.3. The lowest BCUT2D eigenvalue weighted by Gasteiger charge is -2.11. The van der Waals surface area contributed by atoms with Crippen molar-refractivity contribution < 1.29 is 23.2 Å². The summed E-state index contributed by atoms with van der Waals surface area (Å²) in [7, 11) is 0. The molecule has 0 fully saturated rings. The molecule has 0 radical (unpaired) electrons. The molecule has 0 unspecified atom stereocenters. The van der Waals surface area contributed by atoms with E-state index in [1.165, 1.54) is 12.5 Å². The van der Waals surface area contributed by atoms with Gasteiger partial charge in [-0.05, 0) is 60.7 Å². The smallest absolute Gasteiger partial charge is 0.291 e. The van der Waals surface area contributed by atoms with Gasteiger partial charge in [-0.3, -0.25) is 14.4 Å². The lowest BCUT2D eigenvalue weighted by molar-refractivity contribution is -0.114. The fraction of sp³-hybridized carbons (Fsp3) is 0.0417. The summed E-state index contributed by atoms with van der Waals surface area (Å²) < 4.78 is 10.1. The first kappa shape index (κ1) is 21.4. The minimum Gasteiger partial charge on any atom is -0.459 e. The molecule has 2 aromatic heterocycles. The van der Waals surface area contributed by atoms with Gasteiger partial charge in [0.25, 0.3) is 11.8 Å². The van der Waals surface area contributed by atoms with E-state index in [1.54, 1.807) is 72.8 Å². The summed E-state index contributed by atoms with van der Waals surface area (Å²) in [5.74, 6) is -0.640. The van der Waals surface area contributed by atoms with Crippen LogP contribution < -0.4 is 21.3 Å². The average Bonchev–Trinajstić information content (AvgIpc) is 3.53. The van der Waals surface area contributed by atoms with Crippen molar-refractivity contribution in [3.8, 4) is 0 Å². The van der Waals surface area contributed by atoms with Crippen LogP contribution in [0.3, 0.4) is 0 Å². The van der Waals surface area contributed by atoms with E-state index >= 15 is 0 Å². The fourth-order valence-corrected chi connectivity index (χ4v) is 2.97. The van der Waals surface area contributed by atoms with Gasteiger partial charge in [-0.15, -0.1) is 0 Å². The van der Waals surface area contributed by atoms with Crippen LogP contribution in [0.2, 0.25) is 0 Å². The van der Waals surface area contributed by atoms with Crippen molar-refractivity contribution >= 4 is 40.5 Å². The molecule has 0 spiro atoms. The van der Waals surface area contributed by atoms with Gasteiger partial charge < -0.3 is 30.1 Å². The second kappa shape index (κ2) is 10.0. The lowest BCUT2D eigenvalue weighted by Crippen LogP contribution is -2.22. The second-order valence-corrected chi connectivity index (χ2v) is 6.93. The molecule has 3 amide bonds. The number of amides is 3. The van der Waals surface area contributed by atoms with Gasteiger partial charge in [0.1, 0.15) is 0 Å². The number of hydrogen-bond acceptors (Lipinski definition) is 6. The molecule has 0 saturated heterocycles. The molecule has 4 aromatic rings.